The fraction of sp³-hybridized carbons (Fsp3) is 0.231. The maximum atomic E-state index is 2.47. The second-order valence-corrected chi connectivity index (χ2v) is 7.69. The van der Waals surface area contributed by atoms with Crippen LogP contribution in [0.3, 0.4) is 0 Å². The number of hydrogen-bond acceptors (Lipinski definition) is 0. The maximum absolute atomic E-state index is 2.47. The molecule has 1 saturated carbocycles. The molecule has 4 aromatic rings. The molecule has 2 aromatic carbocycles. The standard InChI is InChI=1S/C26H25N/c1-4-11-20(12-5-1)23-19-24(21-13-6-2-7-14-21)26(22-15-8-3-9-16-22)27-18-10-17-25(23)27/h1-2,4-7,10-14,17-19,22H,3,8-9,15-16H2. The van der Waals surface area contributed by atoms with E-state index < -0.39 is 0 Å². The third kappa shape index (κ3) is 2.98. The molecule has 27 heavy (non-hydrogen) atoms. The molecule has 2 heterocycles. The van der Waals surface area contributed by atoms with Gasteiger partial charge in [0.1, 0.15) is 0 Å². The average molecular weight is 351 g/mol. The SMILES string of the molecule is c1ccc(-c2cc(-c3ccccc3)c3cccn3c2C2CCCCC2)cc1. The van der Waals surface area contributed by atoms with Crippen LogP contribution in [0.2, 0.25) is 0 Å². The van der Waals surface area contributed by atoms with E-state index in [-0.39, 0.29) is 0 Å². The molecule has 0 bridgehead atoms. The van der Waals surface area contributed by atoms with Crippen molar-refractivity contribution < 1.29 is 0 Å². The van der Waals surface area contributed by atoms with Crippen LogP contribution < -0.4 is 0 Å². The fourth-order valence-corrected chi connectivity index (χ4v) is 4.72. The number of nitrogens with zero attached hydrogens (tertiary/aromatic N) is 1. The van der Waals surface area contributed by atoms with Gasteiger partial charge in [-0.15, -0.1) is 0 Å². The van der Waals surface area contributed by atoms with Crippen LogP contribution >= 0.6 is 0 Å². The highest BCUT2D eigenvalue weighted by atomic mass is 14.9. The summed E-state index contributed by atoms with van der Waals surface area (Å²) in [6.45, 7) is 0. The largest absolute Gasteiger partial charge is 0.319 e. The van der Waals surface area contributed by atoms with Crippen molar-refractivity contribution >= 4 is 5.52 Å². The van der Waals surface area contributed by atoms with Crippen LogP contribution in [0.15, 0.2) is 85.1 Å². The Morgan fingerprint density at radius 2 is 1.26 bits per heavy atom. The molecule has 1 fully saturated rings. The predicted molar refractivity (Wildman–Crippen MR) is 114 cm³/mol. The number of fused-ring (bicyclic) bond motifs is 1. The first kappa shape index (κ1) is 16.4. The van der Waals surface area contributed by atoms with E-state index in [0.717, 1.165) is 0 Å². The lowest BCUT2D eigenvalue weighted by Gasteiger charge is -2.27. The number of rotatable bonds is 3. The Hall–Kier alpha value is -2.80. The van der Waals surface area contributed by atoms with Gasteiger partial charge in [-0.1, -0.05) is 79.9 Å². The van der Waals surface area contributed by atoms with E-state index in [9.17, 15) is 0 Å². The summed E-state index contributed by atoms with van der Waals surface area (Å²) in [7, 11) is 0. The maximum Gasteiger partial charge on any atom is 0.0531 e. The molecule has 0 aliphatic heterocycles. The van der Waals surface area contributed by atoms with E-state index in [4.69, 9.17) is 0 Å². The summed E-state index contributed by atoms with van der Waals surface area (Å²) in [6.07, 6.45) is 8.95. The van der Waals surface area contributed by atoms with Crippen molar-refractivity contribution in [3.8, 4) is 22.3 Å². The van der Waals surface area contributed by atoms with E-state index in [0.29, 0.717) is 5.92 Å². The van der Waals surface area contributed by atoms with Crippen molar-refractivity contribution in [2.24, 2.45) is 0 Å². The van der Waals surface area contributed by atoms with Gasteiger partial charge in [-0.25, -0.2) is 0 Å². The molecule has 2 aromatic heterocycles. The Morgan fingerprint density at radius 1 is 0.630 bits per heavy atom. The van der Waals surface area contributed by atoms with Gasteiger partial charge >= 0.3 is 0 Å². The van der Waals surface area contributed by atoms with Gasteiger partial charge in [-0.05, 0) is 42.2 Å². The van der Waals surface area contributed by atoms with Gasteiger partial charge in [0.25, 0.3) is 0 Å². The molecule has 1 aliphatic rings. The summed E-state index contributed by atoms with van der Waals surface area (Å²) in [5.41, 5.74) is 8.14. The van der Waals surface area contributed by atoms with Gasteiger partial charge in [-0.3, -0.25) is 0 Å². The lowest BCUT2D eigenvalue weighted by molar-refractivity contribution is 0.435. The lowest BCUT2D eigenvalue weighted by Crippen LogP contribution is -2.11. The number of hydrogen-bond donors (Lipinski definition) is 0. The zero-order chi connectivity index (χ0) is 18.1. The Balaban J connectivity index is 1.81. The van der Waals surface area contributed by atoms with Crippen LogP contribution in [0.25, 0.3) is 27.8 Å². The molecule has 134 valence electrons. The van der Waals surface area contributed by atoms with Crippen molar-refractivity contribution in [1.82, 2.24) is 4.40 Å². The highest BCUT2D eigenvalue weighted by Gasteiger charge is 2.23. The molecular weight excluding hydrogens is 326 g/mol. The van der Waals surface area contributed by atoms with Gasteiger partial charge in [0.2, 0.25) is 0 Å². The van der Waals surface area contributed by atoms with Gasteiger partial charge in [-0.2, -0.15) is 0 Å². The Morgan fingerprint density at radius 3 is 1.93 bits per heavy atom. The van der Waals surface area contributed by atoms with E-state index in [2.05, 4.69) is 89.5 Å². The zero-order valence-electron chi connectivity index (χ0n) is 15.6. The van der Waals surface area contributed by atoms with Crippen molar-refractivity contribution in [2.45, 2.75) is 38.0 Å². The molecule has 0 atom stereocenters. The van der Waals surface area contributed by atoms with Crippen LogP contribution in [0.4, 0.5) is 0 Å². The number of pyridine rings is 1. The van der Waals surface area contributed by atoms with Crippen molar-refractivity contribution in [2.75, 3.05) is 0 Å². The van der Waals surface area contributed by atoms with E-state index in [1.54, 1.807) is 0 Å². The zero-order valence-corrected chi connectivity index (χ0v) is 15.6. The van der Waals surface area contributed by atoms with E-state index in [1.165, 1.54) is 65.6 Å². The Kier molecular flexibility index (Phi) is 4.29. The summed E-state index contributed by atoms with van der Waals surface area (Å²) < 4.78 is 2.47. The van der Waals surface area contributed by atoms with Gasteiger partial charge in [0.05, 0.1) is 5.52 Å². The summed E-state index contributed by atoms with van der Waals surface area (Å²) in [5.74, 6) is 0.647. The fourth-order valence-electron chi connectivity index (χ4n) is 4.72. The van der Waals surface area contributed by atoms with E-state index in [1.807, 2.05) is 0 Å². The third-order valence-electron chi connectivity index (χ3n) is 6.01. The minimum Gasteiger partial charge on any atom is -0.319 e. The molecule has 0 radical (unpaired) electrons. The first-order chi connectivity index (χ1) is 13.4. The first-order valence-electron chi connectivity index (χ1n) is 10.2. The quantitative estimate of drug-likeness (QED) is 0.364. The van der Waals surface area contributed by atoms with E-state index >= 15 is 0 Å². The molecule has 5 rings (SSSR count). The lowest BCUT2D eigenvalue weighted by atomic mass is 9.83. The van der Waals surface area contributed by atoms with Gasteiger partial charge in [0, 0.05) is 28.9 Å². The number of benzene rings is 2. The molecular formula is C26H25N. The molecule has 0 unspecified atom stereocenters. The summed E-state index contributed by atoms with van der Waals surface area (Å²) in [6, 6.07) is 28.6. The van der Waals surface area contributed by atoms with Crippen molar-refractivity contribution in [3.63, 3.8) is 0 Å². The van der Waals surface area contributed by atoms with Gasteiger partial charge in [0.15, 0.2) is 0 Å². The highest BCUT2D eigenvalue weighted by molar-refractivity contribution is 5.86. The molecule has 0 spiro atoms. The molecule has 0 amide bonds. The summed E-state index contributed by atoms with van der Waals surface area (Å²) in [5, 5.41) is 0. The Bertz CT molecular complexity index is 1040. The minimum atomic E-state index is 0.647. The van der Waals surface area contributed by atoms with Crippen LogP contribution in [0.1, 0.15) is 43.7 Å². The predicted octanol–water partition coefficient (Wildman–Crippen LogP) is 7.32. The van der Waals surface area contributed by atoms with Crippen LogP contribution in [0.5, 0.6) is 0 Å². The first-order valence-corrected chi connectivity index (χ1v) is 10.2. The second kappa shape index (κ2) is 7.08. The molecule has 1 nitrogen and oxygen atoms in total. The molecule has 1 aliphatic carbocycles. The van der Waals surface area contributed by atoms with Crippen molar-refractivity contribution in [1.29, 1.82) is 0 Å². The molecule has 0 saturated heterocycles. The smallest absolute Gasteiger partial charge is 0.0531 e. The summed E-state index contributed by atoms with van der Waals surface area (Å²) >= 11 is 0. The van der Waals surface area contributed by atoms with Crippen LogP contribution in [0, 0.1) is 0 Å². The van der Waals surface area contributed by atoms with Crippen LogP contribution in [-0.4, -0.2) is 4.40 Å². The minimum absolute atomic E-state index is 0.647. The van der Waals surface area contributed by atoms with Gasteiger partial charge < -0.3 is 4.40 Å². The topological polar surface area (TPSA) is 4.41 Å². The summed E-state index contributed by atoms with van der Waals surface area (Å²) in [4.78, 5) is 0. The second-order valence-electron chi connectivity index (χ2n) is 7.69. The van der Waals surface area contributed by atoms with Crippen LogP contribution in [-0.2, 0) is 0 Å². The van der Waals surface area contributed by atoms with Crippen molar-refractivity contribution in [3.05, 3.63) is 90.8 Å². The normalized spacial score (nSPS) is 15.3. The molecule has 0 N–H and O–H groups in total. The average Bonchev–Trinajstić information content (AvgIpc) is 3.24. The number of aromatic nitrogens is 1. The molecule has 1 heteroatoms. The third-order valence-corrected chi connectivity index (χ3v) is 6.01. The monoisotopic (exact) mass is 351 g/mol. The Labute approximate surface area is 161 Å². The highest BCUT2D eigenvalue weighted by Crippen LogP contribution is 2.41.